The molecule has 1 atom stereocenters. The van der Waals surface area contributed by atoms with E-state index in [2.05, 4.69) is 31.6 Å². The van der Waals surface area contributed by atoms with Crippen LogP contribution in [0.5, 0.6) is 0 Å². The molecule has 0 bridgehead atoms. The minimum absolute atomic E-state index is 0.149. The number of para-hydroxylation sites is 2. The van der Waals surface area contributed by atoms with Crippen molar-refractivity contribution in [3.63, 3.8) is 0 Å². The molecule has 1 unspecified atom stereocenters. The first-order chi connectivity index (χ1) is 14.4. The van der Waals surface area contributed by atoms with Crippen molar-refractivity contribution >= 4 is 56.2 Å². The van der Waals surface area contributed by atoms with Gasteiger partial charge in [0.2, 0.25) is 0 Å². The topological polar surface area (TPSA) is 96.6 Å². The van der Waals surface area contributed by atoms with Crippen LogP contribution in [0, 0.1) is 10.1 Å². The van der Waals surface area contributed by atoms with Crippen molar-refractivity contribution in [3.8, 4) is 0 Å². The van der Waals surface area contributed by atoms with Crippen LogP contribution in [0.1, 0.15) is 11.1 Å². The van der Waals surface area contributed by atoms with Crippen LogP contribution in [0.2, 0.25) is 5.02 Å². The monoisotopic (exact) mass is 484 g/mol. The number of anilines is 2. The van der Waals surface area contributed by atoms with Crippen LogP contribution in [0.4, 0.5) is 17.1 Å². The molecule has 3 aromatic rings. The third-order valence-electron chi connectivity index (χ3n) is 4.52. The maximum atomic E-state index is 12.9. The third-order valence-corrected chi connectivity index (χ3v) is 5.35. The zero-order valence-corrected chi connectivity index (χ0v) is 17.6. The summed E-state index contributed by atoms with van der Waals surface area (Å²) in [5.41, 5.74) is 2.42. The molecule has 3 aromatic carbocycles. The number of halogens is 2. The molecule has 1 aliphatic rings. The Morgan fingerprint density at radius 2 is 1.80 bits per heavy atom. The Balaban J connectivity index is 1.86. The van der Waals surface area contributed by atoms with Crippen LogP contribution in [0.15, 0.2) is 76.2 Å². The largest absolute Gasteiger partial charge is 0.350 e. The Labute approximate surface area is 185 Å². The normalized spacial score (nSPS) is 15.5. The molecule has 0 aromatic heterocycles. The second-order valence-electron chi connectivity index (χ2n) is 6.46. The van der Waals surface area contributed by atoms with Gasteiger partial charge < -0.3 is 10.6 Å². The average molecular weight is 486 g/mol. The van der Waals surface area contributed by atoms with Gasteiger partial charge in [-0.1, -0.05) is 57.9 Å². The van der Waals surface area contributed by atoms with Crippen LogP contribution >= 0.6 is 27.5 Å². The first-order valence-corrected chi connectivity index (χ1v) is 10.0. The standard InChI is InChI=1S/C21H14BrClN4O3/c22-12-9-10-16-14(11-12)19(13-5-1-2-6-15(13)23)26-20(21(28)25-16)24-17-7-3-4-8-18(17)27(29)30/h1-11,20,24H,(H,25,28). The molecule has 1 amide bonds. The number of rotatable bonds is 4. The van der Waals surface area contributed by atoms with Gasteiger partial charge >= 0.3 is 0 Å². The number of carbonyl (C=O) groups is 1. The Hall–Kier alpha value is -3.23. The number of benzodiazepines with no additional fused rings is 1. The zero-order chi connectivity index (χ0) is 21.3. The molecule has 0 aliphatic carbocycles. The molecule has 9 heteroatoms. The van der Waals surface area contributed by atoms with Gasteiger partial charge in [-0.3, -0.25) is 14.9 Å². The van der Waals surface area contributed by atoms with Crippen molar-refractivity contribution < 1.29 is 9.72 Å². The Bertz CT molecular complexity index is 1200. The highest BCUT2D eigenvalue weighted by Gasteiger charge is 2.28. The van der Waals surface area contributed by atoms with Crippen LogP contribution in [0.25, 0.3) is 0 Å². The van der Waals surface area contributed by atoms with Gasteiger partial charge in [-0.05, 0) is 30.3 Å². The molecule has 2 N–H and O–H groups in total. The van der Waals surface area contributed by atoms with Gasteiger partial charge in [0.25, 0.3) is 11.6 Å². The average Bonchev–Trinajstić information content (AvgIpc) is 2.85. The van der Waals surface area contributed by atoms with Crippen LogP contribution < -0.4 is 10.6 Å². The predicted octanol–water partition coefficient (Wildman–Crippen LogP) is 5.24. The van der Waals surface area contributed by atoms with Crippen molar-refractivity contribution in [2.45, 2.75) is 6.17 Å². The van der Waals surface area contributed by atoms with E-state index in [4.69, 9.17) is 11.6 Å². The van der Waals surface area contributed by atoms with E-state index >= 15 is 0 Å². The number of hydrogen-bond donors (Lipinski definition) is 2. The van der Waals surface area contributed by atoms with E-state index in [-0.39, 0.29) is 11.4 Å². The van der Waals surface area contributed by atoms with Gasteiger partial charge in [0, 0.05) is 26.7 Å². The Kier molecular flexibility index (Phi) is 5.52. The molecular weight excluding hydrogens is 472 g/mol. The summed E-state index contributed by atoms with van der Waals surface area (Å²) in [5.74, 6) is -0.446. The molecule has 1 aliphatic heterocycles. The van der Waals surface area contributed by atoms with Crippen LogP contribution in [-0.4, -0.2) is 22.7 Å². The van der Waals surface area contributed by atoms with Gasteiger partial charge in [-0.15, -0.1) is 0 Å². The number of hydrogen-bond acceptors (Lipinski definition) is 5. The highest BCUT2D eigenvalue weighted by Crippen LogP contribution is 2.31. The maximum absolute atomic E-state index is 12.9. The van der Waals surface area contributed by atoms with E-state index in [1.54, 1.807) is 36.4 Å². The smallest absolute Gasteiger partial charge is 0.292 e. The maximum Gasteiger partial charge on any atom is 0.292 e. The van der Waals surface area contributed by atoms with E-state index < -0.39 is 17.0 Å². The van der Waals surface area contributed by atoms with E-state index in [0.717, 1.165) is 4.47 Å². The van der Waals surface area contributed by atoms with Crippen molar-refractivity contribution in [3.05, 3.63) is 97.5 Å². The summed E-state index contributed by atoms with van der Waals surface area (Å²) < 4.78 is 0.806. The van der Waals surface area contributed by atoms with Gasteiger partial charge in [0.1, 0.15) is 5.69 Å². The summed E-state index contributed by atoms with van der Waals surface area (Å²) in [6, 6.07) is 18.7. The summed E-state index contributed by atoms with van der Waals surface area (Å²) in [5, 5.41) is 17.6. The van der Waals surface area contributed by atoms with Gasteiger partial charge in [-0.2, -0.15) is 0 Å². The molecule has 0 radical (unpaired) electrons. The lowest BCUT2D eigenvalue weighted by molar-refractivity contribution is -0.384. The summed E-state index contributed by atoms with van der Waals surface area (Å²) >= 11 is 9.87. The van der Waals surface area contributed by atoms with Crippen LogP contribution in [-0.2, 0) is 4.79 Å². The minimum atomic E-state index is -1.11. The molecule has 0 saturated carbocycles. The fraction of sp³-hybridized carbons (Fsp3) is 0.0476. The number of nitro benzene ring substituents is 1. The molecular formula is C21H14BrClN4O3. The number of aliphatic imine (C=N–C) groups is 1. The van der Waals surface area contributed by atoms with Crippen molar-refractivity contribution in [2.75, 3.05) is 10.6 Å². The molecule has 150 valence electrons. The number of fused-ring (bicyclic) bond motifs is 1. The first-order valence-electron chi connectivity index (χ1n) is 8.87. The quantitative estimate of drug-likeness (QED) is 0.390. The molecule has 1 heterocycles. The fourth-order valence-corrected chi connectivity index (χ4v) is 3.73. The second-order valence-corrected chi connectivity index (χ2v) is 7.78. The Morgan fingerprint density at radius 3 is 2.57 bits per heavy atom. The summed E-state index contributed by atoms with van der Waals surface area (Å²) in [6.45, 7) is 0. The molecule has 30 heavy (non-hydrogen) atoms. The number of amides is 1. The van der Waals surface area contributed by atoms with Crippen molar-refractivity contribution in [1.29, 1.82) is 0 Å². The lowest BCUT2D eigenvalue weighted by Crippen LogP contribution is -2.32. The van der Waals surface area contributed by atoms with E-state index in [1.165, 1.54) is 12.1 Å². The predicted molar refractivity (Wildman–Crippen MR) is 120 cm³/mol. The fourth-order valence-electron chi connectivity index (χ4n) is 3.15. The second kappa shape index (κ2) is 8.25. The summed E-state index contributed by atoms with van der Waals surface area (Å²) in [4.78, 5) is 28.4. The molecule has 4 rings (SSSR count). The van der Waals surface area contributed by atoms with Gasteiger partial charge in [-0.25, -0.2) is 4.99 Å². The lowest BCUT2D eigenvalue weighted by Gasteiger charge is -2.15. The third kappa shape index (κ3) is 3.92. The van der Waals surface area contributed by atoms with Crippen LogP contribution in [0.3, 0.4) is 0 Å². The number of nitro groups is 1. The number of nitrogens with zero attached hydrogens (tertiary/aromatic N) is 2. The number of benzene rings is 3. The van der Waals surface area contributed by atoms with E-state index in [0.29, 0.717) is 27.5 Å². The van der Waals surface area contributed by atoms with Crippen molar-refractivity contribution in [2.24, 2.45) is 4.99 Å². The Morgan fingerprint density at radius 1 is 1.07 bits per heavy atom. The zero-order valence-electron chi connectivity index (χ0n) is 15.3. The molecule has 0 saturated heterocycles. The lowest BCUT2D eigenvalue weighted by atomic mass is 10.0. The molecule has 0 spiro atoms. The molecule has 0 fully saturated rings. The SMILES string of the molecule is O=C1Nc2ccc(Br)cc2C(c2ccccc2Cl)=NC1Nc1ccccc1[N+](=O)[O-]. The first kappa shape index (κ1) is 20.1. The highest BCUT2D eigenvalue weighted by atomic mass is 79.9. The minimum Gasteiger partial charge on any atom is -0.350 e. The van der Waals surface area contributed by atoms with Gasteiger partial charge in [0.05, 0.1) is 16.3 Å². The summed E-state index contributed by atoms with van der Waals surface area (Å²) in [6.07, 6.45) is -1.11. The van der Waals surface area contributed by atoms with Crippen molar-refractivity contribution in [1.82, 2.24) is 0 Å². The van der Waals surface area contributed by atoms with E-state index in [9.17, 15) is 14.9 Å². The van der Waals surface area contributed by atoms with Gasteiger partial charge in [0.15, 0.2) is 6.17 Å². The highest BCUT2D eigenvalue weighted by molar-refractivity contribution is 9.10. The molecule has 7 nitrogen and oxygen atoms in total. The number of nitrogens with one attached hydrogen (secondary N) is 2. The van der Waals surface area contributed by atoms with E-state index in [1.807, 2.05) is 18.2 Å². The summed E-state index contributed by atoms with van der Waals surface area (Å²) in [7, 11) is 0. The number of carbonyl (C=O) groups excluding carboxylic acids is 1.